The first-order valence-electron chi connectivity index (χ1n) is 5.35. The second kappa shape index (κ2) is 5.44. The third-order valence-electron chi connectivity index (χ3n) is 2.36. The summed E-state index contributed by atoms with van der Waals surface area (Å²) in [6.45, 7) is 0. The molecule has 5 nitrogen and oxygen atoms in total. The molecule has 0 radical (unpaired) electrons. The highest BCUT2D eigenvalue weighted by Crippen LogP contribution is 2.04. The minimum Gasteiger partial charge on any atom is -0.423 e. The van der Waals surface area contributed by atoms with Crippen molar-refractivity contribution in [2.24, 2.45) is 0 Å². The van der Waals surface area contributed by atoms with Gasteiger partial charge in [0.25, 0.3) is 5.91 Å². The van der Waals surface area contributed by atoms with Crippen molar-refractivity contribution in [3.63, 3.8) is 0 Å². The summed E-state index contributed by atoms with van der Waals surface area (Å²) in [4.78, 5) is 15.8. The molecule has 0 bridgehead atoms. The van der Waals surface area contributed by atoms with Crippen LogP contribution in [0.15, 0.2) is 48.7 Å². The third-order valence-corrected chi connectivity index (χ3v) is 2.36. The lowest BCUT2D eigenvalue weighted by atomic mass is 9.81. The highest BCUT2D eigenvalue weighted by molar-refractivity contribution is 6.58. The molecule has 18 heavy (non-hydrogen) atoms. The molecule has 1 heterocycles. The van der Waals surface area contributed by atoms with Crippen molar-refractivity contribution >= 4 is 24.3 Å². The molecular formula is C12H11BN2O3. The Morgan fingerprint density at radius 3 is 2.56 bits per heavy atom. The Balaban J connectivity index is 2.15. The maximum absolute atomic E-state index is 11.8. The van der Waals surface area contributed by atoms with Gasteiger partial charge in [-0.25, -0.2) is 4.98 Å². The number of amides is 1. The Bertz CT molecular complexity index is 546. The van der Waals surface area contributed by atoms with E-state index in [4.69, 9.17) is 10.0 Å². The van der Waals surface area contributed by atoms with E-state index < -0.39 is 7.12 Å². The van der Waals surface area contributed by atoms with Crippen molar-refractivity contribution < 1.29 is 14.8 Å². The fourth-order valence-corrected chi connectivity index (χ4v) is 1.45. The summed E-state index contributed by atoms with van der Waals surface area (Å²) in [6, 6.07) is 11.6. The van der Waals surface area contributed by atoms with Crippen LogP contribution < -0.4 is 10.8 Å². The predicted molar refractivity (Wildman–Crippen MR) is 68.5 cm³/mol. The van der Waals surface area contributed by atoms with Gasteiger partial charge in [0.15, 0.2) is 0 Å². The minimum atomic E-state index is -1.58. The minimum absolute atomic E-state index is 0.272. The van der Waals surface area contributed by atoms with Gasteiger partial charge in [-0.3, -0.25) is 4.79 Å². The van der Waals surface area contributed by atoms with Gasteiger partial charge in [0.1, 0.15) is 5.82 Å². The van der Waals surface area contributed by atoms with E-state index in [-0.39, 0.29) is 17.2 Å². The van der Waals surface area contributed by atoms with Crippen molar-refractivity contribution in [3.05, 3.63) is 54.2 Å². The van der Waals surface area contributed by atoms with Crippen LogP contribution in [0.3, 0.4) is 0 Å². The van der Waals surface area contributed by atoms with Crippen LogP contribution in [0, 0.1) is 0 Å². The van der Waals surface area contributed by atoms with Crippen LogP contribution in [-0.4, -0.2) is 28.1 Å². The highest BCUT2D eigenvalue weighted by atomic mass is 16.4. The highest BCUT2D eigenvalue weighted by Gasteiger charge is 2.12. The Morgan fingerprint density at radius 1 is 1.17 bits per heavy atom. The SMILES string of the molecule is O=C(Nc1cc(B(O)O)ccn1)c1ccccc1. The molecule has 0 saturated carbocycles. The summed E-state index contributed by atoms with van der Waals surface area (Å²) in [5.74, 6) is -0.0258. The lowest BCUT2D eigenvalue weighted by Gasteiger charge is -2.06. The van der Waals surface area contributed by atoms with Crippen LogP contribution in [0.1, 0.15) is 10.4 Å². The Hall–Kier alpha value is -2.18. The van der Waals surface area contributed by atoms with Gasteiger partial charge in [0, 0.05) is 11.8 Å². The maximum Gasteiger partial charge on any atom is 0.488 e. The van der Waals surface area contributed by atoms with Crippen LogP contribution in [0.25, 0.3) is 0 Å². The zero-order valence-electron chi connectivity index (χ0n) is 9.45. The van der Waals surface area contributed by atoms with Crippen LogP contribution in [0.2, 0.25) is 0 Å². The maximum atomic E-state index is 11.8. The second-order valence-corrected chi connectivity index (χ2v) is 3.67. The first-order chi connectivity index (χ1) is 8.66. The fraction of sp³-hybridized carbons (Fsp3) is 0. The van der Waals surface area contributed by atoms with E-state index in [1.54, 1.807) is 24.3 Å². The van der Waals surface area contributed by atoms with Gasteiger partial charge in [-0.2, -0.15) is 0 Å². The van der Waals surface area contributed by atoms with E-state index in [1.807, 2.05) is 6.07 Å². The standard InChI is InChI=1S/C12H11BN2O3/c16-12(9-4-2-1-3-5-9)15-11-8-10(13(17)18)6-7-14-11/h1-8,17-18H,(H,14,15,16). The Labute approximate surface area is 104 Å². The number of aromatic nitrogens is 1. The number of anilines is 1. The van der Waals surface area contributed by atoms with Gasteiger partial charge < -0.3 is 15.4 Å². The van der Waals surface area contributed by atoms with Crippen molar-refractivity contribution in [2.75, 3.05) is 5.32 Å². The van der Waals surface area contributed by atoms with Gasteiger partial charge in [0.2, 0.25) is 0 Å². The molecular weight excluding hydrogens is 231 g/mol. The molecule has 0 spiro atoms. The molecule has 0 unspecified atom stereocenters. The van der Waals surface area contributed by atoms with Crippen molar-refractivity contribution in [2.45, 2.75) is 0 Å². The quantitative estimate of drug-likeness (QED) is 0.662. The molecule has 2 aromatic rings. The molecule has 2 rings (SSSR count). The number of hydrogen-bond acceptors (Lipinski definition) is 4. The van der Waals surface area contributed by atoms with Gasteiger partial charge in [-0.05, 0) is 29.7 Å². The second-order valence-electron chi connectivity index (χ2n) is 3.67. The normalized spacial score (nSPS) is 9.89. The molecule has 0 aliphatic heterocycles. The molecule has 90 valence electrons. The van der Waals surface area contributed by atoms with Crippen LogP contribution in [0.5, 0.6) is 0 Å². The number of carbonyl (C=O) groups excluding carboxylic acids is 1. The lowest BCUT2D eigenvalue weighted by Crippen LogP contribution is -2.30. The zero-order chi connectivity index (χ0) is 13.0. The van der Waals surface area contributed by atoms with Crippen molar-refractivity contribution in [3.8, 4) is 0 Å². The molecule has 0 aliphatic carbocycles. The van der Waals surface area contributed by atoms with E-state index in [1.165, 1.54) is 18.3 Å². The van der Waals surface area contributed by atoms with Crippen molar-refractivity contribution in [1.29, 1.82) is 0 Å². The molecule has 1 amide bonds. The molecule has 0 saturated heterocycles. The van der Waals surface area contributed by atoms with E-state index in [2.05, 4.69) is 10.3 Å². The Kier molecular flexibility index (Phi) is 3.71. The number of carbonyl (C=O) groups is 1. The predicted octanol–water partition coefficient (Wildman–Crippen LogP) is 0.0137. The molecule has 3 N–H and O–H groups in total. The molecule has 0 aliphatic rings. The zero-order valence-corrected chi connectivity index (χ0v) is 9.45. The molecule has 1 aromatic carbocycles. The Morgan fingerprint density at radius 2 is 1.89 bits per heavy atom. The number of benzene rings is 1. The number of nitrogens with one attached hydrogen (secondary N) is 1. The van der Waals surface area contributed by atoms with E-state index in [0.29, 0.717) is 5.56 Å². The van der Waals surface area contributed by atoms with Crippen LogP contribution >= 0.6 is 0 Å². The van der Waals surface area contributed by atoms with Crippen LogP contribution in [0.4, 0.5) is 5.82 Å². The van der Waals surface area contributed by atoms with Gasteiger partial charge >= 0.3 is 7.12 Å². The lowest BCUT2D eigenvalue weighted by molar-refractivity contribution is 0.102. The fourth-order valence-electron chi connectivity index (χ4n) is 1.45. The number of pyridine rings is 1. The molecule has 6 heteroatoms. The van der Waals surface area contributed by atoms with Gasteiger partial charge in [-0.15, -0.1) is 0 Å². The summed E-state index contributed by atoms with van der Waals surface area (Å²) in [6.07, 6.45) is 1.40. The number of rotatable bonds is 3. The molecule has 1 aromatic heterocycles. The summed E-state index contributed by atoms with van der Waals surface area (Å²) >= 11 is 0. The van der Waals surface area contributed by atoms with Crippen LogP contribution in [-0.2, 0) is 0 Å². The van der Waals surface area contributed by atoms with E-state index in [9.17, 15) is 4.79 Å². The summed E-state index contributed by atoms with van der Waals surface area (Å²) in [7, 11) is -1.58. The number of nitrogens with zero attached hydrogens (tertiary/aromatic N) is 1. The third kappa shape index (κ3) is 2.94. The average molecular weight is 242 g/mol. The van der Waals surface area contributed by atoms with E-state index >= 15 is 0 Å². The summed E-state index contributed by atoms with van der Waals surface area (Å²) in [5, 5.41) is 20.6. The largest absolute Gasteiger partial charge is 0.488 e. The molecule has 0 atom stereocenters. The van der Waals surface area contributed by atoms with E-state index in [0.717, 1.165) is 0 Å². The summed E-state index contributed by atoms with van der Waals surface area (Å²) < 4.78 is 0. The smallest absolute Gasteiger partial charge is 0.423 e. The van der Waals surface area contributed by atoms with Crippen molar-refractivity contribution in [1.82, 2.24) is 4.98 Å². The first kappa shape index (κ1) is 12.3. The first-order valence-corrected chi connectivity index (χ1v) is 5.35. The molecule has 0 fully saturated rings. The van der Waals surface area contributed by atoms with Gasteiger partial charge in [-0.1, -0.05) is 18.2 Å². The monoisotopic (exact) mass is 242 g/mol. The summed E-state index contributed by atoms with van der Waals surface area (Å²) in [5.41, 5.74) is 0.780. The van der Waals surface area contributed by atoms with Gasteiger partial charge in [0.05, 0.1) is 0 Å². The average Bonchev–Trinajstić information content (AvgIpc) is 2.40. The number of hydrogen-bond donors (Lipinski definition) is 3. The topological polar surface area (TPSA) is 82.5 Å².